The summed E-state index contributed by atoms with van der Waals surface area (Å²) >= 11 is 3.18. The van der Waals surface area contributed by atoms with E-state index >= 15 is 0 Å². The van der Waals surface area contributed by atoms with Crippen LogP contribution in [0.25, 0.3) is 6.08 Å². The first-order valence-corrected chi connectivity index (χ1v) is 6.77. The summed E-state index contributed by atoms with van der Waals surface area (Å²) in [7, 11) is 0. The number of ketones is 1. The van der Waals surface area contributed by atoms with Crippen molar-refractivity contribution in [1.29, 1.82) is 0 Å². The largest absolute Gasteiger partial charge is 0.478 e. The Hall–Kier alpha value is -2.27. The van der Waals surface area contributed by atoms with Gasteiger partial charge < -0.3 is 5.11 Å². The highest BCUT2D eigenvalue weighted by Crippen LogP contribution is 2.17. The molecule has 2 aromatic carbocycles. The van der Waals surface area contributed by atoms with Crippen LogP contribution in [0.1, 0.15) is 26.3 Å². The molecule has 0 aliphatic heterocycles. The maximum Gasteiger partial charge on any atom is 0.335 e. The number of allylic oxidation sites excluding steroid dienone is 1. The first-order chi connectivity index (χ1) is 9.97. The van der Waals surface area contributed by atoms with Gasteiger partial charge in [0.1, 0.15) is 5.82 Å². The maximum atomic E-state index is 13.5. The highest BCUT2D eigenvalue weighted by atomic mass is 79.9. The molecule has 0 radical (unpaired) electrons. The third kappa shape index (κ3) is 3.86. The van der Waals surface area contributed by atoms with Crippen LogP contribution in [-0.4, -0.2) is 16.9 Å². The molecule has 0 amide bonds. The van der Waals surface area contributed by atoms with Crippen molar-refractivity contribution in [2.75, 3.05) is 0 Å². The molecule has 2 rings (SSSR count). The van der Waals surface area contributed by atoms with Gasteiger partial charge >= 0.3 is 5.97 Å². The number of halogens is 2. The van der Waals surface area contributed by atoms with Crippen LogP contribution in [0.2, 0.25) is 0 Å². The Morgan fingerprint density at radius 3 is 2.38 bits per heavy atom. The zero-order chi connectivity index (χ0) is 15.4. The first kappa shape index (κ1) is 15.1. The summed E-state index contributed by atoms with van der Waals surface area (Å²) in [5.41, 5.74) is 0.794. The zero-order valence-electron chi connectivity index (χ0n) is 10.7. The van der Waals surface area contributed by atoms with Gasteiger partial charge in [-0.1, -0.05) is 34.1 Å². The third-order valence-corrected chi connectivity index (χ3v) is 3.27. The molecule has 0 fully saturated rings. The van der Waals surface area contributed by atoms with Gasteiger partial charge in [-0.25, -0.2) is 9.18 Å². The number of benzene rings is 2. The fourth-order valence-corrected chi connectivity index (χ4v) is 2.05. The summed E-state index contributed by atoms with van der Waals surface area (Å²) in [6.07, 6.45) is 2.76. The average Bonchev–Trinajstić information content (AvgIpc) is 2.47. The molecule has 0 unspecified atom stereocenters. The van der Waals surface area contributed by atoms with Gasteiger partial charge in [-0.2, -0.15) is 0 Å². The molecule has 0 aliphatic rings. The molecule has 3 nitrogen and oxygen atoms in total. The Balaban J connectivity index is 2.18. The van der Waals surface area contributed by atoms with Crippen LogP contribution in [0.4, 0.5) is 4.39 Å². The minimum Gasteiger partial charge on any atom is -0.478 e. The molecule has 0 aliphatic carbocycles. The quantitative estimate of drug-likeness (QED) is 0.665. The number of hydrogen-bond donors (Lipinski definition) is 1. The van der Waals surface area contributed by atoms with Gasteiger partial charge in [-0.3, -0.25) is 4.79 Å². The second-order valence-electron chi connectivity index (χ2n) is 4.25. The molecule has 5 heteroatoms. The lowest BCUT2D eigenvalue weighted by Crippen LogP contribution is -1.98. The lowest BCUT2D eigenvalue weighted by Gasteiger charge is -2.00. The topological polar surface area (TPSA) is 54.4 Å². The summed E-state index contributed by atoms with van der Waals surface area (Å²) < 4.78 is 14.2. The number of aromatic carboxylic acids is 1. The summed E-state index contributed by atoms with van der Waals surface area (Å²) in [6, 6.07) is 10.2. The standard InChI is InChI=1S/C16H10BrFO3/c17-12-6-7-14(18)13(9-12)15(19)8-3-10-1-4-11(5-2-10)16(20)21/h1-9H,(H,20,21). The van der Waals surface area contributed by atoms with Crippen LogP contribution in [0.3, 0.4) is 0 Å². The first-order valence-electron chi connectivity index (χ1n) is 5.98. The normalized spacial score (nSPS) is 10.8. The zero-order valence-corrected chi connectivity index (χ0v) is 12.3. The van der Waals surface area contributed by atoms with Crippen LogP contribution in [0.5, 0.6) is 0 Å². The predicted octanol–water partition coefficient (Wildman–Crippen LogP) is 4.18. The van der Waals surface area contributed by atoms with E-state index in [0.29, 0.717) is 10.0 Å². The molecule has 2 aromatic rings. The van der Waals surface area contributed by atoms with Gasteiger partial charge in [-0.15, -0.1) is 0 Å². The van der Waals surface area contributed by atoms with E-state index in [2.05, 4.69) is 15.9 Å². The Morgan fingerprint density at radius 1 is 1.10 bits per heavy atom. The lowest BCUT2D eigenvalue weighted by atomic mass is 10.1. The molecular weight excluding hydrogens is 339 g/mol. The molecule has 0 atom stereocenters. The minimum absolute atomic E-state index is 0.0252. The van der Waals surface area contributed by atoms with Crippen LogP contribution in [0, 0.1) is 5.82 Å². The molecule has 106 valence electrons. The fourth-order valence-electron chi connectivity index (χ4n) is 1.68. The lowest BCUT2D eigenvalue weighted by molar-refractivity contribution is 0.0696. The molecule has 0 saturated carbocycles. The van der Waals surface area contributed by atoms with E-state index in [-0.39, 0.29) is 11.1 Å². The minimum atomic E-state index is -1.02. The monoisotopic (exact) mass is 348 g/mol. The van der Waals surface area contributed by atoms with Crippen molar-refractivity contribution in [2.45, 2.75) is 0 Å². The number of carbonyl (C=O) groups is 2. The highest BCUT2D eigenvalue weighted by Gasteiger charge is 2.09. The number of carboxylic acids is 1. The van der Waals surface area contributed by atoms with Gasteiger partial charge in [0.25, 0.3) is 0 Å². The van der Waals surface area contributed by atoms with Crippen molar-refractivity contribution in [3.8, 4) is 0 Å². The van der Waals surface area contributed by atoms with Crippen molar-refractivity contribution < 1.29 is 19.1 Å². The maximum absolute atomic E-state index is 13.5. The van der Waals surface area contributed by atoms with Crippen LogP contribution in [-0.2, 0) is 0 Å². The second kappa shape index (κ2) is 6.45. The SMILES string of the molecule is O=C(O)c1ccc(C=CC(=O)c2cc(Br)ccc2F)cc1. The van der Waals surface area contributed by atoms with Gasteiger partial charge in [-0.05, 0) is 42.0 Å². The van der Waals surface area contributed by atoms with E-state index < -0.39 is 17.6 Å². The van der Waals surface area contributed by atoms with Crippen LogP contribution >= 0.6 is 15.9 Å². The molecule has 0 heterocycles. The summed E-state index contributed by atoms with van der Waals surface area (Å²) in [4.78, 5) is 22.6. The van der Waals surface area contributed by atoms with E-state index in [1.54, 1.807) is 12.1 Å². The highest BCUT2D eigenvalue weighted by molar-refractivity contribution is 9.10. The number of rotatable bonds is 4. The Morgan fingerprint density at radius 2 is 1.76 bits per heavy atom. The number of hydrogen-bond acceptors (Lipinski definition) is 2. The van der Waals surface area contributed by atoms with E-state index in [4.69, 9.17) is 5.11 Å². The van der Waals surface area contributed by atoms with E-state index in [0.717, 1.165) is 0 Å². The molecule has 0 spiro atoms. The molecule has 1 N–H and O–H groups in total. The summed E-state index contributed by atoms with van der Waals surface area (Å²) in [5.74, 6) is -2.07. The molecule has 0 bridgehead atoms. The van der Waals surface area contributed by atoms with Gasteiger partial charge in [0.15, 0.2) is 5.78 Å². The van der Waals surface area contributed by atoms with E-state index in [1.807, 2.05) is 0 Å². The fraction of sp³-hybridized carbons (Fsp3) is 0. The number of carbonyl (C=O) groups excluding carboxylic acids is 1. The second-order valence-corrected chi connectivity index (χ2v) is 5.16. The smallest absolute Gasteiger partial charge is 0.335 e. The van der Waals surface area contributed by atoms with E-state index in [1.165, 1.54) is 42.5 Å². The number of carboxylic acid groups (broad SMARTS) is 1. The summed E-state index contributed by atoms with van der Waals surface area (Å²) in [5, 5.41) is 8.78. The van der Waals surface area contributed by atoms with Gasteiger partial charge in [0.05, 0.1) is 11.1 Å². The van der Waals surface area contributed by atoms with Crippen molar-refractivity contribution in [3.05, 3.63) is 75.5 Å². The van der Waals surface area contributed by atoms with E-state index in [9.17, 15) is 14.0 Å². The molecule has 0 saturated heterocycles. The molecule has 21 heavy (non-hydrogen) atoms. The van der Waals surface area contributed by atoms with Crippen molar-refractivity contribution in [3.63, 3.8) is 0 Å². The third-order valence-electron chi connectivity index (χ3n) is 2.78. The Bertz CT molecular complexity index is 721. The molecular formula is C16H10BrFO3. The van der Waals surface area contributed by atoms with Gasteiger partial charge in [0, 0.05) is 4.47 Å². The Labute approximate surface area is 128 Å². The van der Waals surface area contributed by atoms with Crippen LogP contribution in [0.15, 0.2) is 53.0 Å². The predicted molar refractivity (Wildman–Crippen MR) is 80.9 cm³/mol. The van der Waals surface area contributed by atoms with Crippen molar-refractivity contribution >= 4 is 33.8 Å². The van der Waals surface area contributed by atoms with Gasteiger partial charge in [0.2, 0.25) is 0 Å². The molecule has 0 aromatic heterocycles. The summed E-state index contributed by atoms with van der Waals surface area (Å²) in [6.45, 7) is 0. The van der Waals surface area contributed by atoms with Crippen LogP contribution < -0.4 is 0 Å². The average molecular weight is 349 g/mol. The van der Waals surface area contributed by atoms with Crippen molar-refractivity contribution in [1.82, 2.24) is 0 Å². The van der Waals surface area contributed by atoms with Crippen molar-refractivity contribution in [2.24, 2.45) is 0 Å². The Kier molecular flexibility index (Phi) is 4.65.